The summed E-state index contributed by atoms with van der Waals surface area (Å²) in [6, 6.07) is 0.674. The highest BCUT2D eigenvalue weighted by Crippen LogP contribution is 2.40. The first-order valence-electron chi connectivity index (χ1n) is 6.47. The maximum Gasteiger partial charge on any atom is 0.0697 e. The van der Waals surface area contributed by atoms with Gasteiger partial charge in [-0.25, -0.2) is 0 Å². The summed E-state index contributed by atoms with van der Waals surface area (Å²) in [7, 11) is 0. The van der Waals surface area contributed by atoms with Gasteiger partial charge in [0.2, 0.25) is 0 Å². The second-order valence-electron chi connectivity index (χ2n) is 5.80. The molecule has 3 heteroatoms. The van der Waals surface area contributed by atoms with Crippen LogP contribution in [0.3, 0.4) is 0 Å². The lowest BCUT2D eigenvalue weighted by Gasteiger charge is -2.18. The number of rotatable bonds is 7. The van der Waals surface area contributed by atoms with Gasteiger partial charge in [0.05, 0.1) is 13.2 Å². The summed E-state index contributed by atoms with van der Waals surface area (Å²) in [6.45, 7) is 9.42. The van der Waals surface area contributed by atoms with E-state index in [1.165, 1.54) is 12.8 Å². The third-order valence-corrected chi connectivity index (χ3v) is 3.44. The van der Waals surface area contributed by atoms with E-state index in [9.17, 15) is 0 Å². The maximum atomic E-state index is 8.55. The van der Waals surface area contributed by atoms with Crippen molar-refractivity contribution in [2.45, 2.75) is 46.1 Å². The predicted octanol–water partition coefficient (Wildman–Crippen LogP) is 1.80. The van der Waals surface area contributed by atoms with E-state index in [1.807, 2.05) is 0 Å². The van der Waals surface area contributed by atoms with Crippen LogP contribution < -0.4 is 5.32 Å². The molecule has 0 aromatic rings. The van der Waals surface area contributed by atoms with Gasteiger partial charge in [-0.05, 0) is 37.1 Å². The molecule has 0 aromatic heterocycles. The van der Waals surface area contributed by atoms with E-state index in [0.29, 0.717) is 18.1 Å². The SMILES string of the molecule is CC1CC(C)(C)CC1NCCCOCCO. The smallest absolute Gasteiger partial charge is 0.0697 e. The number of ether oxygens (including phenoxy) is 1. The zero-order valence-electron chi connectivity index (χ0n) is 11.0. The first-order valence-corrected chi connectivity index (χ1v) is 6.47. The monoisotopic (exact) mass is 229 g/mol. The first-order chi connectivity index (χ1) is 7.55. The second-order valence-corrected chi connectivity index (χ2v) is 5.80. The average molecular weight is 229 g/mol. The van der Waals surface area contributed by atoms with Gasteiger partial charge in [-0.2, -0.15) is 0 Å². The van der Waals surface area contributed by atoms with Gasteiger partial charge in [-0.3, -0.25) is 0 Å². The Balaban J connectivity index is 2.05. The molecule has 1 saturated carbocycles. The van der Waals surface area contributed by atoms with Crippen molar-refractivity contribution >= 4 is 0 Å². The van der Waals surface area contributed by atoms with E-state index in [1.54, 1.807) is 0 Å². The molecule has 0 heterocycles. The van der Waals surface area contributed by atoms with Crippen LogP contribution in [0.2, 0.25) is 0 Å². The Morgan fingerprint density at radius 1 is 1.31 bits per heavy atom. The zero-order valence-corrected chi connectivity index (χ0v) is 11.0. The van der Waals surface area contributed by atoms with Crippen LogP contribution in [-0.2, 0) is 4.74 Å². The summed E-state index contributed by atoms with van der Waals surface area (Å²) in [6.07, 6.45) is 3.64. The fraction of sp³-hybridized carbons (Fsp3) is 1.00. The van der Waals surface area contributed by atoms with Crippen molar-refractivity contribution in [3.8, 4) is 0 Å². The molecule has 0 aliphatic heterocycles. The topological polar surface area (TPSA) is 41.5 Å². The van der Waals surface area contributed by atoms with Crippen molar-refractivity contribution in [3.63, 3.8) is 0 Å². The number of aliphatic hydroxyl groups excluding tert-OH is 1. The molecular weight excluding hydrogens is 202 g/mol. The Bertz CT molecular complexity index is 194. The van der Waals surface area contributed by atoms with E-state index >= 15 is 0 Å². The van der Waals surface area contributed by atoms with Gasteiger partial charge in [0, 0.05) is 12.6 Å². The Kier molecular flexibility index (Phi) is 5.73. The van der Waals surface area contributed by atoms with Crippen molar-refractivity contribution in [2.24, 2.45) is 11.3 Å². The van der Waals surface area contributed by atoms with Crippen molar-refractivity contribution < 1.29 is 9.84 Å². The molecule has 0 saturated heterocycles. The molecule has 0 aromatic carbocycles. The molecule has 0 amide bonds. The fourth-order valence-electron chi connectivity index (χ4n) is 2.80. The van der Waals surface area contributed by atoms with Crippen LogP contribution >= 0.6 is 0 Å². The minimum Gasteiger partial charge on any atom is -0.394 e. The van der Waals surface area contributed by atoms with Crippen LogP contribution in [0.25, 0.3) is 0 Å². The van der Waals surface area contributed by atoms with E-state index in [-0.39, 0.29) is 6.61 Å². The summed E-state index contributed by atoms with van der Waals surface area (Å²) in [5.41, 5.74) is 0.504. The quantitative estimate of drug-likeness (QED) is 0.654. The predicted molar refractivity (Wildman–Crippen MR) is 66.5 cm³/mol. The molecule has 2 atom stereocenters. The lowest BCUT2D eigenvalue weighted by molar-refractivity contribution is 0.0902. The fourth-order valence-corrected chi connectivity index (χ4v) is 2.80. The summed E-state index contributed by atoms with van der Waals surface area (Å²) in [5, 5.41) is 12.2. The Hall–Kier alpha value is -0.120. The molecule has 0 bridgehead atoms. The summed E-state index contributed by atoms with van der Waals surface area (Å²) < 4.78 is 5.23. The van der Waals surface area contributed by atoms with Gasteiger partial charge >= 0.3 is 0 Å². The van der Waals surface area contributed by atoms with Gasteiger partial charge in [-0.15, -0.1) is 0 Å². The van der Waals surface area contributed by atoms with Gasteiger partial charge in [0.1, 0.15) is 0 Å². The van der Waals surface area contributed by atoms with Crippen LogP contribution in [0.1, 0.15) is 40.0 Å². The lowest BCUT2D eigenvalue weighted by Crippen LogP contribution is -2.32. The largest absolute Gasteiger partial charge is 0.394 e. The van der Waals surface area contributed by atoms with Crippen LogP contribution in [0.15, 0.2) is 0 Å². The molecule has 2 unspecified atom stereocenters. The van der Waals surface area contributed by atoms with Crippen molar-refractivity contribution in [1.29, 1.82) is 0 Å². The Labute approximate surface area is 99.6 Å². The van der Waals surface area contributed by atoms with Gasteiger partial charge in [-0.1, -0.05) is 20.8 Å². The van der Waals surface area contributed by atoms with E-state index < -0.39 is 0 Å². The Morgan fingerprint density at radius 2 is 2.06 bits per heavy atom. The molecule has 1 aliphatic carbocycles. The molecular formula is C13H27NO2. The third kappa shape index (κ3) is 4.81. The van der Waals surface area contributed by atoms with E-state index in [4.69, 9.17) is 9.84 Å². The highest BCUT2D eigenvalue weighted by Gasteiger charge is 2.35. The molecule has 0 spiro atoms. The molecule has 2 N–H and O–H groups in total. The van der Waals surface area contributed by atoms with Crippen LogP contribution in [0, 0.1) is 11.3 Å². The van der Waals surface area contributed by atoms with E-state index in [2.05, 4.69) is 26.1 Å². The molecule has 3 nitrogen and oxygen atoms in total. The molecule has 1 fully saturated rings. The highest BCUT2D eigenvalue weighted by molar-refractivity contribution is 4.90. The highest BCUT2D eigenvalue weighted by atomic mass is 16.5. The minimum atomic E-state index is 0.126. The van der Waals surface area contributed by atoms with Gasteiger partial charge in [0.25, 0.3) is 0 Å². The number of nitrogens with one attached hydrogen (secondary N) is 1. The standard InChI is InChI=1S/C13H27NO2/c1-11-9-13(2,3)10-12(11)14-5-4-7-16-8-6-15/h11-12,14-15H,4-10H2,1-3H3. The number of hydrogen-bond acceptors (Lipinski definition) is 3. The Morgan fingerprint density at radius 3 is 2.62 bits per heavy atom. The molecule has 1 rings (SSSR count). The summed E-state index contributed by atoms with van der Waals surface area (Å²) >= 11 is 0. The average Bonchev–Trinajstić information content (AvgIpc) is 2.45. The van der Waals surface area contributed by atoms with Gasteiger partial charge in [0.15, 0.2) is 0 Å². The van der Waals surface area contributed by atoms with Crippen LogP contribution in [0.5, 0.6) is 0 Å². The molecule has 96 valence electrons. The third-order valence-electron chi connectivity index (χ3n) is 3.44. The molecule has 0 radical (unpaired) electrons. The first kappa shape index (κ1) is 13.9. The maximum absolute atomic E-state index is 8.55. The van der Waals surface area contributed by atoms with Crippen molar-refractivity contribution in [2.75, 3.05) is 26.4 Å². The van der Waals surface area contributed by atoms with Crippen molar-refractivity contribution in [1.82, 2.24) is 5.32 Å². The van der Waals surface area contributed by atoms with Crippen LogP contribution in [-0.4, -0.2) is 37.5 Å². The summed E-state index contributed by atoms with van der Waals surface area (Å²) in [4.78, 5) is 0. The van der Waals surface area contributed by atoms with Gasteiger partial charge < -0.3 is 15.2 Å². The number of aliphatic hydroxyl groups is 1. The van der Waals surface area contributed by atoms with E-state index in [0.717, 1.165) is 25.5 Å². The minimum absolute atomic E-state index is 0.126. The summed E-state index contributed by atoms with van der Waals surface area (Å²) in [5.74, 6) is 0.786. The normalized spacial score (nSPS) is 28.5. The van der Waals surface area contributed by atoms with Crippen LogP contribution in [0.4, 0.5) is 0 Å². The second kappa shape index (κ2) is 6.58. The lowest BCUT2D eigenvalue weighted by atomic mass is 9.91. The molecule has 1 aliphatic rings. The number of hydrogen-bond donors (Lipinski definition) is 2. The molecule has 16 heavy (non-hydrogen) atoms. The van der Waals surface area contributed by atoms with Crippen molar-refractivity contribution in [3.05, 3.63) is 0 Å². The zero-order chi connectivity index (χ0) is 12.0.